The summed E-state index contributed by atoms with van der Waals surface area (Å²) in [7, 11) is 2.81. The molecule has 14 nitrogen and oxygen atoms in total. The van der Waals surface area contributed by atoms with Crippen LogP contribution in [0.2, 0.25) is 0 Å². The molecule has 1 unspecified atom stereocenters. The normalized spacial score (nSPS) is 20.8. The SMILES string of the molecule is COC[C@H]1C[C@@H](c2nc3c(ccc4cc5c(cc43)OCc3cc(-c4cnc([C@@H]6CC(C(F)(F)F)CN6C(=O)[C@@H](NC(=O)OC)C(C)C)[nH]4)ccc3-5)[nH]2)N(C(=O)OC(C)(C)C)C1. The number of rotatable bonds is 8. The molecule has 0 aliphatic carbocycles. The number of likely N-dealkylation sites (tertiary alicyclic amines) is 2. The number of H-pyrrole nitrogens is 2. The lowest BCUT2D eigenvalue weighted by Crippen LogP contribution is -2.51. The molecule has 3 N–H and O–H groups in total. The minimum Gasteiger partial charge on any atom is -0.488 e. The average molecular weight is 846 g/mol. The van der Waals surface area contributed by atoms with Crippen LogP contribution in [0.15, 0.2) is 48.7 Å². The van der Waals surface area contributed by atoms with Crippen LogP contribution in [0, 0.1) is 17.8 Å². The van der Waals surface area contributed by atoms with Gasteiger partial charge in [-0.2, -0.15) is 13.2 Å². The summed E-state index contributed by atoms with van der Waals surface area (Å²) in [6, 6.07) is 11.5. The van der Waals surface area contributed by atoms with Crippen molar-refractivity contribution in [2.75, 3.05) is 33.9 Å². The number of methoxy groups -OCH3 is 2. The molecule has 0 radical (unpaired) electrons. The summed E-state index contributed by atoms with van der Waals surface area (Å²) in [4.78, 5) is 58.2. The maximum atomic E-state index is 14.1. The van der Waals surface area contributed by atoms with Crippen LogP contribution in [0.3, 0.4) is 0 Å². The van der Waals surface area contributed by atoms with Crippen LogP contribution in [0.5, 0.6) is 5.75 Å². The van der Waals surface area contributed by atoms with Gasteiger partial charge in [0.1, 0.15) is 35.6 Å². The largest absolute Gasteiger partial charge is 0.488 e. The maximum Gasteiger partial charge on any atom is 0.410 e. The van der Waals surface area contributed by atoms with Gasteiger partial charge in [0, 0.05) is 37.1 Å². The van der Waals surface area contributed by atoms with Gasteiger partial charge >= 0.3 is 18.4 Å². The number of imidazole rings is 2. The van der Waals surface area contributed by atoms with Gasteiger partial charge in [-0.05, 0) is 85.9 Å². The fraction of sp³-hybridized carbons (Fsp3) is 0.477. The van der Waals surface area contributed by atoms with Gasteiger partial charge in [-0.1, -0.05) is 32.0 Å². The summed E-state index contributed by atoms with van der Waals surface area (Å²) < 4.78 is 64.5. The molecule has 324 valence electrons. The molecule has 0 spiro atoms. The summed E-state index contributed by atoms with van der Waals surface area (Å²) in [5.41, 5.74) is 5.02. The lowest BCUT2D eigenvalue weighted by molar-refractivity contribution is -0.171. The first-order valence-corrected chi connectivity index (χ1v) is 20.4. The van der Waals surface area contributed by atoms with E-state index in [4.69, 9.17) is 19.2 Å². The predicted molar refractivity (Wildman–Crippen MR) is 219 cm³/mol. The predicted octanol–water partition coefficient (Wildman–Crippen LogP) is 8.44. The molecule has 2 fully saturated rings. The molecule has 17 heteroatoms. The Kier molecular flexibility index (Phi) is 10.9. The van der Waals surface area contributed by atoms with E-state index in [-0.39, 0.29) is 30.8 Å². The number of ether oxygens (including phenoxy) is 4. The molecular weight excluding hydrogens is 796 g/mol. The fourth-order valence-corrected chi connectivity index (χ4v) is 8.80. The Bertz CT molecular complexity index is 2490. The van der Waals surface area contributed by atoms with Gasteiger partial charge in [0.15, 0.2) is 0 Å². The van der Waals surface area contributed by atoms with Crippen molar-refractivity contribution in [1.82, 2.24) is 35.1 Å². The number of aromatic nitrogens is 4. The first kappa shape index (κ1) is 41.9. The second kappa shape index (κ2) is 15.9. The zero-order valence-electron chi connectivity index (χ0n) is 35.1. The summed E-state index contributed by atoms with van der Waals surface area (Å²) in [5, 5.41) is 4.32. The standard InChI is InChI=1S/C44H50F3N7O7/c1-22(2)36(52-41(56)59-7)40(55)53-19-27(44(45,46)47)15-34(53)38-48-17-32(50-38)25-8-10-28-26(13-25)21-60-35-16-29-24(14-30(28)35)9-11-31-37(29)51-39(49-31)33-12-23(20-58-6)18-54(33)42(57)61-43(3,4)5/h8-11,13-14,16-17,22-23,27,33-34,36H,12,15,18-21H2,1-7H3,(H,48,50)(H,49,51)(H,52,56)/t23-,27?,33-,34-,36-/m0/s1. The van der Waals surface area contributed by atoms with Crippen molar-refractivity contribution in [3.63, 3.8) is 0 Å². The Morgan fingerprint density at radius 2 is 1.72 bits per heavy atom. The molecule has 5 aromatic rings. The molecule has 61 heavy (non-hydrogen) atoms. The Labute approximate surface area is 350 Å². The van der Waals surface area contributed by atoms with Crippen LogP contribution in [0.25, 0.3) is 44.2 Å². The number of halogens is 3. The Hall–Kier alpha value is -5.84. The molecule has 0 saturated carbocycles. The van der Waals surface area contributed by atoms with Crippen molar-refractivity contribution in [3.05, 3.63) is 65.9 Å². The molecule has 0 bridgehead atoms. The van der Waals surface area contributed by atoms with Crippen LogP contribution in [0.1, 0.15) is 76.8 Å². The summed E-state index contributed by atoms with van der Waals surface area (Å²) in [6.07, 6.45) is -3.92. The number of nitrogens with one attached hydrogen (secondary N) is 3. The average Bonchev–Trinajstić information content (AvgIpc) is 4.03. The summed E-state index contributed by atoms with van der Waals surface area (Å²) in [6.45, 7) is 9.65. The number of carbonyl (C=O) groups is 3. The lowest BCUT2D eigenvalue weighted by Gasteiger charge is -2.30. The van der Waals surface area contributed by atoms with Gasteiger partial charge in [0.25, 0.3) is 0 Å². The number of aromatic amines is 2. The van der Waals surface area contributed by atoms with Gasteiger partial charge in [0.2, 0.25) is 5.91 Å². The maximum absolute atomic E-state index is 14.1. The molecule has 5 heterocycles. The van der Waals surface area contributed by atoms with Gasteiger partial charge in [0.05, 0.1) is 54.6 Å². The summed E-state index contributed by atoms with van der Waals surface area (Å²) in [5.74, 6) is -1.11. The molecule has 5 atom stereocenters. The highest BCUT2D eigenvalue weighted by Crippen LogP contribution is 2.45. The Balaban J connectivity index is 1.06. The molecule has 3 aliphatic heterocycles. The molecule has 3 aromatic carbocycles. The van der Waals surface area contributed by atoms with E-state index in [1.54, 1.807) is 32.1 Å². The third-order valence-corrected chi connectivity index (χ3v) is 11.8. The topological polar surface area (TPSA) is 164 Å². The van der Waals surface area contributed by atoms with Crippen molar-refractivity contribution < 1.29 is 46.5 Å². The quantitative estimate of drug-likeness (QED) is 0.139. The molecular formula is C44H50F3N7O7. The van der Waals surface area contributed by atoms with E-state index in [0.29, 0.717) is 36.8 Å². The zero-order chi connectivity index (χ0) is 43.5. The minimum absolute atomic E-state index is 0.129. The van der Waals surface area contributed by atoms with E-state index in [1.807, 2.05) is 57.2 Å². The highest BCUT2D eigenvalue weighted by Gasteiger charge is 2.51. The summed E-state index contributed by atoms with van der Waals surface area (Å²) >= 11 is 0. The second-order valence-electron chi connectivity index (χ2n) is 17.5. The van der Waals surface area contributed by atoms with Crippen molar-refractivity contribution >= 4 is 39.9 Å². The monoisotopic (exact) mass is 845 g/mol. The van der Waals surface area contributed by atoms with Crippen molar-refractivity contribution in [2.24, 2.45) is 17.8 Å². The molecule has 3 aliphatic rings. The number of hydrogen-bond donors (Lipinski definition) is 3. The van der Waals surface area contributed by atoms with Gasteiger partial charge in [-0.3, -0.25) is 9.69 Å². The number of amides is 3. The highest BCUT2D eigenvalue weighted by molar-refractivity contribution is 6.07. The fourth-order valence-electron chi connectivity index (χ4n) is 8.80. The first-order chi connectivity index (χ1) is 28.9. The zero-order valence-corrected chi connectivity index (χ0v) is 35.1. The number of nitrogens with zero attached hydrogens (tertiary/aromatic N) is 4. The smallest absolute Gasteiger partial charge is 0.410 e. The first-order valence-electron chi connectivity index (χ1n) is 20.4. The van der Waals surface area contributed by atoms with Gasteiger partial charge in [-0.25, -0.2) is 19.6 Å². The molecule has 8 rings (SSSR count). The second-order valence-corrected chi connectivity index (χ2v) is 17.5. The van der Waals surface area contributed by atoms with E-state index in [9.17, 15) is 27.6 Å². The van der Waals surface area contributed by atoms with Crippen LogP contribution in [-0.4, -0.2) is 99.6 Å². The van der Waals surface area contributed by atoms with E-state index in [2.05, 4.69) is 31.1 Å². The number of alkyl carbamates (subject to hydrolysis) is 1. The molecule has 2 aromatic heterocycles. The van der Waals surface area contributed by atoms with Crippen LogP contribution in [-0.2, 0) is 25.6 Å². The number of benzene rings is 3. The van der Waals surface area contributed by atoms with Crippen molar-refractivity contribution in [3.8, 4) is 28.1 Å². The Morgan fingerprint density at radius 3 is 2.43 bits per heavy atom. The number of hydrogen-bond acceptors (Lipinski definition) is 9. The van der Waals surface area contributed by atoms with Crippen molar-refractivity contribution in [1.29, 1.82) is 0 Å². The van der Waals surface area contributed by atoms with E-state index in [0.717, 1.165) is 56.1 Å². The van der Waals surface area contributed by atoms with E-state index >= 15 is 0 Å². The number of alkyl halides is 3. The third-order valence-electron chi connectivity index (χ3n) is 11.8. The van der Waals surface area contributed by atoms with E-state index in [1.165, 1.54) is 0 Å². The molecule has 2 saturated heterocycles. The Morgan fingerprint density at radius 1 is 0.951 bits per heavy atom. The molecule has 3 amide bonds. The number of carbonyl (C=O) groups excluding carboxylic acids is 3. The van der Waals surface area contributed by atoms with E-state index < -0.39 is 60.3 Å². The lowest BCUT2D eigenvalue weighted by atomic mass is 9.92. The van der Waals surface area contributed by atoms with Crippen LogP contribution in [0.4, 0.5) is 22.8 Å². The highest BCUT2D eigenvalue weighted by atomic mass is 19.4. The van der Waals surface area contributed by atoms with Crippen LogP contribution >= 0.6 is 0 Å². The number of fused-ring (bicyclic) bond motifs is 6. The van der Waals surface area contributed by atoms with Gasteiger partial charge in [-0.15, -0.1) is 0 Å². The van der Waals surface area contributed by atoms with Gasteiger partial charge < -0.3 is 39.1 Å². The third kappa shape index (κ3) is 8.19. The van der Waals surface area contributed by atoms with Crippen LogP contribution < -0.4 is 10.1 Å². The van der Waals surface area contributed by atoms with Crippen molar-refractivity contribution in [2.45, 2.75) is 84.0 Å². The minimum atomic E-state index is -4.53.